The van der Waals surface area contributed by atoms with Crippen molar-refractivity contribution in [1.82, 2.24) is 14.8 Å². The lowest BCUT2D eigenvalue weighted by Gasteiger charge is -2.33. The molecule has 23 heavy (non-hydrogen) atoms. The minimum Gasteiger partial charge on any atom is -0.366 e. The average molecular weight is 318 g/mol. The van der Waals surface area contributed by atoms with Crippen LogP contribution in [0, 0.1) is 20.2 Å². The van der Waals surface area contributed by atoms with Crippen molar-refractivity contribution >= 4 is 17.1 Å². The number of nitro benzene ring substituents is 2. The number of piperidine rings is 1. The maximum atomic E-state index is 11.2. The van der Waals surface area contributed by atoms with E-state index in [1.807, 2.05) is 4.90 Å². The van der Waals surface area contributed by atoms with Gasteiger partial charge in [-0.3, -0.25) is 20.2 Å². The predicted molar refractivity (Wildman–Crippen MR) is 80.3 cm³/mol. The highest BCUT2D eigenvalue weighted by atomic mass is 16.6. The molecule has 0 radical (unpaired) electrons. The van der Waals surface area contributed by atoms with E-state index in [4.69, 9.17) is 0 Å². The van der Waals surface area contributed by atoms with Gasteiger partial charge in [0.05, 0.1) is 22.0 Å². The Balaban J connectivity index is 1.80. The first-order valence-electron chi connectivity index (χ1n) is 7.08. The molecule has 1 fully saturated rings. The van der Waals surface area contributed by atoms with Crippen molar-refractivity contribution in [3.63, 3.8) is 0 Å². The Hall–Kier alpha value is -3.04. The van der Waals surface area contributed by atoms with Crippen molar-refractivity contribution in [3.05, 3.63) is 51.1 Å². The SMILES string of the molecule is O=[N+]([O-])c1ccc(N2CCC(n3cncn3)CC2)c([N+](=O)[O-])c1. The van der Waals surface area contributed by atoms with Gasteiger partial charge in [0.1, 0.15) is 18.3 Å². The Morgan fingerprint density at radius 1 is 1.13 bits per heavy atom. The third-order valence-corrected chi connectivity index (χ3v) is 3.98. The number of nitrogens with zero attached hydrogens (tertiary/aromatic N) is 6. The summed E-state index contributed by atoms with van der Waals surface area (Å²) in [4.78, 5) is 26.6. The van der Waals surface area contributed by atoms with E-state index in [1.165, 1.54) is 18.5 Å². The molecule has 1 aromatic heterocycles. The molecule has 3 rings (SSSR count). The number of anilines is 1. The van der Waals surface area contributed by atoms with E-state index < -0.39 is 9.85 Å². The molecule has 0 unspecified atom stereocenters. The van der Waals surface area contributed by atoms with E-state index in [1.54, 1.807) is 11.0 Å². The number of benzene rings is 1. The lowest BCUT2D eigenvalue weighted by Crippen LogP contribution is -2.35. The predicted octanol–water partition coefficient (Wildman–Crippen LogP) is 1.94. The Labute approximate surface area is 130 Å². The largest absolute Gasteiger partial charge is 0.366 e. The third kappa shape index (κ3) is 2.96. The van der Waals surface area contributed by atoms with Crippen LogP contribution in [0.2, 0.25) is 0 Å². The normalized spacial score (nSPS) is 15.6. The van der Waals surface area contributed by atoms with E-state index in [-0.39, 0.29) is 17.4 Å². The van der Waals surface area contributed by atoms with Gasteiger partial charge in [-0.25, -0.2) is 9.67 Å². The molecule has 2 aromatic rings. The van der Waals surface area contributed by atoms with Gasteiger partial charge in [-0.15, -0.1) is 0 Å². The molecule has 0 spiro atoms. The summed E-state index contributed by atoms with van der Waals surface area (Å²) in [7, 11) is 0. The molecule has 120 valence electrons. The molecule has 1 aliphatic rings. The van der Waals surface area contributed by atoms with Crippen LogP contribution in [0.3, 0.4) is 0 Å². The van der Waals surface area contributed by atoms with Crippen LogP contribution in [0.25, 0.3) is 0 Å². The maximum Gasteiger partial charge on any atom is 0.299 e. The van der Waals surface area contributed by atoms with Crippen LogP contribution < -0.4 is 4.90 Å². The van der Waals surface area contributed by atoms with Crippen LogP contribution in [-0.4, -0.2) is 37.7 Å². The van der Waals surface area contributed by atoms with Gasteiger partial charge < -0.3 is 4.90 Å². The number of hydrogen-bond acceptors (Lipinski definition) is 7. The lowest BCUT2D eigenvalue weighted by atomic mass is 10.0. The van der Waals surface area contributed by atoms with E-state index in [0.717, 1.165) is 18.9 Å². The van der Waals surface area contributed by atoms with Gasteiger partial charge in [0.25, 0.3) is 11.4 Å². The summed E-state index contributed by atoms with van der Waals surface area (Å²) in [5.74, 6) is 0. The Morgan fingerprint density at radius 3 is 2.43 bits per heavy atom. The molecule has 0 N–H and O–H groups in total. The van der Waals surface area contributed by atoms with Gasteiger partial charge in [0.2, 0.25) is 0 Å². The summed E-state index contributed by atoms with van der Waals surface area (Å²) in [6.07, 6.45) is 4.69. The van der Waals surface area contributed by atoms with Crippen LogP contribution in [0.4, 0.5) is 17.1 Å². The molecular formula is C13H14N6O4. The molecule has 1 aromatic carbocycles. The zero-order valence-corrected chi connectivity index (χ0v) is 12.1. The Morgan fingerprint density at radius 2 is 1.87 bits per heavy atom. The summed E-state index contributed by atoms with van der Waals surface area (Å²) in [5.41, 5.74) is -0.103. The van der Waals surface area contributed by atoms with Gasteiger partial charge in [0, 0.05) is 19.2 Å². The fourth-order valence-corrected chi connectivity index (χ4v) is 2.82. The van der Waals surface area contributed by atoms with Crippen molar-refractivity contribution in [2.75, 3.05) is 18.0 Å². The van der Waals surface area contributed by atoms with Crippen molar-refractivity contribution in [3.8, 4) is 0 Å². The van der Waals surface area contributed by atoms with Crippen LogP contribution in [0.5, 0.6) is 0 Å². The van der Waals surface area contributed by atoms with Crippen LogP contribution >= 0.6 is 0 Å². The first-order chi connectivity index (χ1) is 11.1. The van der Waals surface area contributed by atoms with Crippen molar-refractivity contribution in [2.24, 2.45) is 0 Å². The number of nitro groups is 2. The van der Waals surface area contributed by atoms with Crippen molar-refractivity contribution < 1.29 is 9.85 Å². The molecule has 1 saturated heterocycles. The molecule has 0 atom stereocenters. The van der Waals surface area contributed by atoms with Crippen molar-refractivity contribution in [1.29, 1.82) is 0 Å². The molecule has 2 heterocycles. The minimum atomic E-state index is -0.631. The number of rotatable bonds is 4. The summed E-state index contributed by atoms with van der Waals surface area (Å²) in [6, 6.07) is 3.97. The van der Waals surface area contributed by atoms with E-state index in [2.05, 4.69) is 10.1 Å². The van der Waals surface area contributed by atoms with E-state index in [0.29, 0.717) is 18.8 Å². The summed E-state index contributed by atoms with van der Waals surface area (Å²) in [6.45, 7) is 1.23. The second-order valence-electron chi connectivity index (χ2n) is 5.28. The monoisotopic (exact) mass is 318 g/mol. The zero-order valence-electron chi connectivity index (χ0n) is 12.1. The molecule has 0 aliphatic carbocycles. The highest BCUT2D eigenvalue weighted by Gasteiger charge is 2.27. The second-order valence-corrected chi connectivity index (χ2v) is 5.28. The minimum absolute atomic E-state index is 0.214. The van der Waals surface area contributed by atoms with E-state index >= 15 is 0 Å². The van der Waals surface area contributed by atoms with Gasteiger partial charge in [-0.05, 0) is 18.9 Å². The van der Waals surface area contributed by atoms with Gasteiger partial charge in [0.15, 0.2) is 0 Å². The lowest BCUT2D eigenvalue weighted by molar-refractivity contribution is -0.393. The molecule has 10 heteroatoms. The molecule has 1 aliphatic heterocycles. The molecular weight excluding hydrogens is 304 g/mol. The number of non-ortho nitro benzene ring substituents is 1. The first kappa shape index (κ1) is 14.9. The fourth-order valence-electron chi connectivity index (χ4n) is 2.82. The highest BCUT2D eigenvalue weighted by Crippen LogP contribution is 2.34. The number of aromatic nitrogens is 3. The third-order valence-electron chi connectivity index (χ3n) is 3.98. The van der Waals surface area contributed by atoms with Gasteiger partial charge >= 0.3 is 0 Å². The second kappa shape index (κ2) is 5.99. The van der Waals surface area contributed by atoms with Gasteiger partial charge in [-0.2, -0.15) is 5.10 Å². The van der Waals surface area contributed by atoms with E-state index in [9.17, 15) is 20.2 Å². The quantitative estimate of drug-likeness (QED) is 0.623. The van der Waals surface area contributed by atoms with Crippen molar-refractivity contribution in [2.45, 2.75) is 18.9 Å². The summed E-state index contributed by atoms with van der Waals surface area (Å²) < 4.78 is 1.79. The Bertz CT molecular complexity index is 724. The van der Waals surface area contributed by atoms with Gasteiger partial charge in [-0.1, -0.05) is 0 Å². The topological polar surface area (TPSA) is 120 Å². The van der Waals surface area contributed by atoms with Crippen LogP contribution in [-0.2, 0) is 0 Å². The molecule has 0 saturated carbocycles. The molecule has 0 bridgehead atoms. The molecule has 10 nitrogen and oxygen atoms in total. The number of hydrogen-bond donors (Lipinski definition) is 0. The summed E-state index contributed by atoms with van der Waals surface area (Å²) in [5, 5.41) is 26.1. The average Bonchev–Trinajstić information content (AvgIpc) is 3.09. The first-order valence-corrected chi connectivity index (χ1v) is 7.08. The van der Waals surface area contributed by atoms with Crippen LogP contribution in [0.1, 0.15) is 18.9 Å². The molecule has 0 amide bonds. The van der Waals surface area contributed by atoms with Crippen LogP contribution in [0.15, 0.2) is 30.9 Å². The fraction of sp³-hybridized carbons (Fsp3) is 0.385. The summed E-state index contributed by atoms with van der Waals surface area (Å²) >= 11 is 0. The smallest absolute Gasteiger partial charge is 0.299 e. The highest BCUT2D eigenvalue weighted by molar-refractivity contribution is 5.67. The standard InChI is InChI=1S/C13H14N6O4/c20-18(21)11-1-2-12(13(7-11)19(22)23)16-5-3-10(4-6-16)17-9-14-8-15-17/h1-2,7-10H,3-6H2. The Kier molecular flexibility index (Phi) is 3.87. The maximum absolute atomic E-state index is 11.2. The zero-order chi connectivity index (χ0) is 16.4.